The van der Waals surface area contributed by atoms with Crippen LogP contribution in [-0.4, -0.2) is 73.4 Å². The first-order chi connectivity index (χ1) is 27.0. The average molecular weight is 794 g/mol. The third kappa shape index (κ3) is 7.35. The highest BCUT2D eigenvalue weighted by molar-refractivity contribution is 7.99. The highest BCUT2D eigenvalue weighted by Gasteiger charge is 2.39. The predicted molar refractivity (Wildman–Crippen MR) is 224 cm³/mol. The number of carbonyl (C=O) groups is 3. The second kappa shape index (κ2) is 15.3. The summed E-state index contributed by atoms with van der Waals surface area (Å²) in [5, 5.41) is 6.45. The maximum absolute atomic E-state index is 14.1. The number of carbonyl (C=O) groups excluding carboxylic acids is 3. The first-order valence-electron chi connectivity index (χ1n) is 18.5. The van der Waals surface area contributed by atoms with Crippen molar-refractivity contribution >= 4 is 76.8 Å². The number of ether oxygens (including phenoxy) is 4. The maximum atomic E-state index is 14.1. The van der Waals surface area contributed by atoms with Crippen molar-refractivity contribution in [1.29, 1.82) is 0 Å². The Morgan fingerprint density at radius 2 is 1.57 bits per heavy atom. The van der Waals surface area contributed by atoms with Gasteiger partial charge in [-0.2, -0.15) is 12.6 Å². The molecule has 8 rings (SSSR count). The van der Waals surface area contributed by atoms with Gasteiger partial charge in [0.15, 0.2) is 23.0 Å². The molecule has 56 heavy (non-hydrogen) atoms. The molecular weight excluding hydrogens is 751 g/mol. The van der Waals surface area contributed by atoms with Crippen LogP contribution in [0.15, 0.2) is 71.7 Å². The second-order valence-corrected chi connectivity index (χ2v) is 16.9. The van der Waals surface area contributed by atoms with Gasteiger partial charge in [0.25, 0.3) is 11.8 Å². The summed E-state index contributed by atoms with van der Waals surface area (Å²) in [6.07, 6.45) is 4.23. The van der Waals surface area contributed by atoms with Crippen LogP contribution in [0.1, 0.15) is 58.5 Å². The molecule has 290 valence electrons. The molecule has 0 spiro atoms. The number of fused-ring (bicyclic) bond motifs is 8. The number of amides is 3. The van der Waals surface area contributed by atoms with Crippen LogP contribution in [0.5, 0.6) is 23.0 Å². The minimum atomic E-state index is -0.225. The lowest BCUT2D eigenvalue weighted by molar-refractivity contribution is -0.116. The molecule has 12 nitrogen and oxygen atoms in total. The van der Waals surface area contributed by atoms with E-state index in [2.05, 4.69) is 28.3 Å². The predicted octanol–water partition coefficient (Wildman–Crippen LogP) is 7.52. The highest BCUT2D eigenvalue weighted by Crippen LogP contribution is 2.43. The first-order valence-corrected chi connectivity index (χ1v) is 20.1. The van der Waals surface area contributed by atoms with Crippen molar-refractivity contribution in [2.45, 2.75) is 56.4 Å². The summed E-state index contributed by atoms with van der Waals surface area (Å²) < 4.78 is 23.3. The standard InChI is InChI=1S/C42H43N5O7S2/c1-42(2,55)12-11-39(48)45-26-9-10-34-25(13-26)15-28-21-44-32-19-38(36(52-4)17-30(32)41(50)47(28)34)54-23-56-22-53-37-18-31-29(16-35(37)51-3)40(49)46-27(20-43-31)14-24-7-5-6-8-33(24)46/h5-10,13,16-20,27-28,44,55H,11-12,14-15,21-23H2,1-4H3,(H,45,48)/t27-,28-/m0/s1. The van der Waals surface area contributed by atoms with Gasteiger partial charge in [-0.1, -0.05) is 43.8 Å². The number of para-hydroxylation sites is 1. The molecular formula is C42H43N5O7S2. The van der Waals surface area contributed by atoms with Gasteiger partial charge in [0.1, 0.15) is 11.9 Å². The third-order valence-electron chi connectivity index (χ3n) is 10.4. The molecule has 0 fully saturated rings. The number of hydrogen-bond acceptors (Lipinski definition) is 11. The number of methoxy groups -OCH3 is 2. The van der Waals surface area contributed by atoms with Crippen molar-refractivity contribution in [3.05, 3.63) is 89.0 Å². The second-order valence-electron chi connectivity index (χ2n) is 14.8. The van der Waals surface area contributed by atoms with Crippen molar-refractivity contribution in [2.24, 2.45) is 4.99 Å². The van der Waals surface area contributed by atoms with Gasteiger partial charge in [-0.05, 0) is 60.4 Å². The number of thiol groups is 1. The lowest BCUT2D eigenvalue weighted by Crippen LogP contribution is -2.39. The van der Waals surface area contributed by atoms with Gasteiger partial charge in [0.2, 0.25) is 5.91 Å². The van der Waals surface area contributed by atoms with E-state index in [0.29, 0.717) is 83.4 Å². The number of hydrogen-bond donors (Lipinski definition) is 3. The van der Waals surface area contributed by atoms with Crippen LogP contribution in [0.4, 0.5) is 28.4 Å². The van der Waals surface area contributed by atoms with Crippen LogP contribution < -0.4 is 39.4 Å². The lowest BCUT2D eigenvalue weighted by atomic mass is 10.1. The molecule has 4 aromatic carbocycles. The average Bonchev–Trinajstić information content (AvgIpc) is 3.67. The van der Waals surface area contributed by atoms with E-state index in [1.807, 2.05) is 67.4 Å². The molecule has 0 radical (unpaired) electrons. The van der Waals surface area contributed by atoms with Gasteiger partial charge in [0, 0.05) is 59.5 Å². The Bertz CT molecular complexity index is 2260. The van der Waals surface area contributed by atoms with Gasteiger partial charge >= 0.3 is 0 Å². The third-order valence-corrected chi connectivity index (χ3v) is 11.2. The maximum Gasteiger partial charge on any atom is 0.261 e. The van der Waals surface area contributed by atoms with Crippen LogP contribution in [0, 0.1) is 0 Å². The molecule has 4 aliphatic rings. The molecule has 2 N–H and O–H groups in total. The summed E-state index contributed by atoms with van der Waals surface area (Å²) in [7, 11) is 3.09. The number of aliphatic imine (C=N–C) groups is 1. The molecule has 4 aliphatic heterocycles. The zero-order valence-corrected chi connectivity index (χ0v) is 33.3. The topological polar surface area (TPSA) is 131 Å². The summed E-state index contributed by atoms with van der Waals surface area (Å²) >= 11 is 5.91. The van der Waals surface area contributed by atoms with E-state index in [1.165, 1.54) is 11.8 Å². The highest BCUT2D eigenvalue weighted by atomic mass is 32.2. The summed E-state index contributed by atoms with van der Waals surface area (Å²) in [5.41, 5.74) is 6.69. The monoisotopic (exact) mass is 793 g/mol. The van der Waals surface area contributed by atoms with Gasteiger partial charge in [-0.15, -0.1) is 0 Å². The van der Waals surface area contributed by atoms with Crippen LogP contribution in [-0.2, 0) is 17.6 Å². The van der Waals surface area contributed by atoms with Crippen molar-refractivity contribution in [2.75, 3.05) is 53.1 Å². The fraction of sp³-hybridized carbons (Fsp3) is 0.333. The Morgan fingerprint density at radius 1 is 0.875 bits per heavy atom. The van der Waals surface area contributed by atoms with Crippen LogP contribution in [0.3, 0.4) is 0 Å². The largest absolute Gasteiger partial charge is 0.493 e. The van der Waals surface area contributed by atoms with Crippen molar-refractivity contribution < 1.29 is 33.3 Å². The number of thioether (sulfide) groups is 1. The molecule has 2 atom stereocenters. The Balaban J connectivity index is 0.903. The molecule has 4 aromatic rings. The number of nitrogens with zero attached hydrogens (tertiary/aromatic N) is 3. The van der Waals surface area contributed by atoms with Gasteiger partial charge in [-0.3, -0.25) is 24.3 Å². The van der Waals surface area contributed by atoms with Crippen molar-refractivity contribution in [3.63, 3.8) is 0 Å². The first kappa shape index (κ1) is 37.6. The van der Waals surface area contributed by atoms with E-state index in [9.17, 15) is 14.4 Å². The van der Waals surface area contributed by atoms with Crippen LogP contribution in [0.2, 0.25) is 0 Å². The molecule has 0 aromatic heterocycles. The molecule has 0 aliphatic carbocycles. The lowest BCUT2D eigenvalue weighted by Gasteiger charge is -2.23. The summed E-state index contributed by atoms with van der Waals surface area (Å²) in [6.45, 7) is 4.51. The van der Waals surface area contributed by atoms with E-state index in [-0.39, 0.29) is 46.4 Å². The summed E-state index contributed by atoms with van der Waals surface area (Å²) in [6, 6.07) is 20.3. The molecule has 4 heterocycles. The Hall–Kier alpha value is -5.34. The quantitative estimate of drug-likeness (QED) is 0.0758. The van der Waals surface area contributed by atoms with E-state index in [4.69, 9.17) is 18.9 Å². The minimum Gasteiger partial charge on any atom is -0.493 e. The molecule has 0 bridgehead atoms. The smallest absolute Gasteiger partial charge is 0.261 e. The molecule has 3 amide bonds. The summed E-state index contributed by atoms with van der Waals surface area (Å²) in [4.78, 5) is 48.7. The molecule has 14 heteroatoms. The zero-order chi connectivity index (χ0) is 39.1. The van der Waals surface area contributed by atoms with E-state index >= 15 is 0 Å². The Labute approximate surface area is 335 Å². The van der Waals surface area contributed by atoms with Gasteiger partial charge in [-0.25, -0.2) is 0 Å². The SMILES string of the molecule is COc1cc2c(cc1OCSCOc1cc3c(cc1OC)C(=O)N1c4ccc(NC(=O)CCC(C)(C)S)cc4C[C@H]1CN3)N=C[C@@H]1Cc3ccccc3N1C2=O. The van der Waals surface area contributed by atoms with Gasteiger partial charge in [0.05, 0.1) is 48.8 Å². The fourth-order valence-electron chi connectivity index (χ4n) is 7.63. The summed E-state index contributed by atoms with van der Waals surface area (Å²) in [5.74, 6) is 1.95. The van der Waals surface area contributed by atoms with E-state index in [0.717, 1.165) is 22.5 Å². The normalized spacial score (nSPS) is 17.7. The Morgan fingerprint density at radius 3 is 2.32 bits per heavy atom. The van der Waals surface area contributed by atoms with Crippen molar-refractivity contribution in [3.8, 4) is 23.0 Å². The fourth-order valence-corrected chi connectivity index (χ4v) is 8.23. The number of anilines is 4. The number of benzene rings is 4. The molecule has 0 saturated carbocycles. The molecule has 0 saturated heterocycles. The number of nitrogens with one attached hydrogen (secondary N) is 2. The van der Waals surface area contributed by atoms with E-state index < -0.39 is 0 Å². The minimum absolute atomic E-state index is 0.0614. The zero-order valence-electron chi connectivity index (χ0n) is 31.6. The number of rotatable bonds is 12. The van der Waals surface area contributed by atoms with Gasteiger partial charge < -0.3 is 34.5 Å². The Kier molecular flexibility index (Phi) is 10.3. The van der Waals surface area contributed by atoms with Crippen molar-refractivity contribution in [1.82, 2.24) is 0 Å². The van der Waals surface area contributed by atoms with E-state index in [1.54, 1.807) is 43.4 Å². The van der Waals surface area contributed by atoms with Crippen LogP contribution >= 0.6 is 24.4 Å². The van der Waals surface area contributed by atoms with Crippen LogP contribution in [0.25, 0.3) is 0 Å². The molecule has 0 unspecified atom stereocenters.